The van der Waals surface area contributed by atoms with Crippen molar-refractivity contribution in [1.29, 1.82) is 0 Å². The number of anilines is 1. The third-order valence-electron chi connectivity index (χ3n) is 3.93. The van der Waals surface area contributed by atoms with Gasteiger partial charge in [0.25, 0.3) is 0 Å². The van der Waals surface area contributed by atoms with Crippen molar-refractivity contribution < 1.29 is 13.6 Å². The molecule has 0 aliphatic carbocycles. The van der Waals surface area contributed by atoms with Gasteiger partial charge in [0.1, 0.15) is 5.82 Å². The van der Waals surface area contributed by atoms with E-state index in [0.717, 1.165) is 4.57 Å². The van der Waals surface area contributed by atoms with E-state index in [1.54, 1.807) is 55.5 Å². The van der Waals surface area contributed by atoms with E-state index in [9.17, 15) is 13.6 Å². The van der Waals surface area contributed by atoms with E-state index >= 15 is 0 Å². The fraction of sp³-hybridized carbons (Fsp3) is 0.222. The highest BCUT2D eigenvalue weighted by atomic mass is 35.5. The van der Waals surface area contributed by atoms with Gasteiger partial charge in [-0.15, -0.1) is 0 Å². The predicted molar refractivity (Wildman–Crippen MR) is 97.9 cm³/mol. The van der Waals surface area contributed by atoms with Gasteiger partial charge in [0.05, 0.1) is 11.0 Å². The summed E-state index contributed by atoms with van der Waals surface area (Å²) in [7, 11) is 0. The van der Waals surface area contributed by atoms with Crippen LogP contribution in [-0.2, 0) is 0 Å². The Morgan fingerprint density at radius 3 is 2.58 bits per heavy atom. The number of hydrogen-bond acceptors (Lipinski definition) is 2. The zero-order chi connectivity index (χ0) is 18.7. The molecular formula is C18H17ClF2N4O. The monoisotopic (exact) mass is 378 g/mol. The van der Waals surface area contributed by atoms with Crippen molar-refractivity contribution in [3.63, 3.8) is 0 Å². The van der Waals surface area contributed by atoms with Gasteiger partial charge in [-0.3, -0.25) is 4.57 Å². The molecule has 0 aliphatic rings. The largest absolute Gasteiger partial charge is 0.337 e. The summed E-state index contributed by atoms with van der Waals surface area (Å²) in [6, 6.07) is 12.9. The Bertz CT molecular complexity index is 911. The highest BCUT2D eigenvalue weighted by molar-refractivity contribution is 6.30. The van der Waals surface area contributed by atoms with Crippen LogP contribution in [0.2, 0.25) is 5.02 Å². The molecule has 0 aliphatic heterocycles. The second-order valence-corrected chi connectivity index (χ2v) is 6.29. The summed E-state index contributed by atoms with van der Waals surface area (Å²) >= 11 is 5.79. The molecular weight excluding hydrogens is 362 g/mol. The Kier molecular flexibility index (Phi) is 5.37. The van der Waals surface area contributed by atoms with E-state index in [4.69, 9.17) is 11.6 Å². The Hall–Kier alpha value is -2.67. The maximum Gasteiger partial charge on any atom is 0.320 e. The lowest BCUT2D eigenvalue weighted by Gasteiger charge is -2.15. The van der Waals surface area contributed by atoms with Crippen LogP contribution in [-0.4, -0.2) is 22.1 Å². The van der Waals surface area contributed by atoms with Gasteiger partial charge in [-0.1, -0.05) is 30.7 Å². The number of imidazole rings is 1. The topological polar surface area (TPSA) is 59.0 Å². The molecule has 8 heteroatoms. The number of carbonyl (C=O) groups is 1. The van der Waals surface area contributed by atoms with Crippen LogP contribution in [0.5, 0.6) is 0 Å². The molecule has 136 valence electrons. The highest BCUT2D eigenvalue weighted by Crippen LogP contribution is 2.27. The molecule has 2 N–H and O–H groups in total. The molecule has 0 bridgehead atoms. The quantitative estimate of drug-likeness (QED) is 0.655. The van der Waals surface area contributed by atoms with E-state index in [2.05, 4.69) is 15.6 Å². The molecule has 26 heavy (non-hydrogen) atoms. The second kappa shape index (κ2) is 7.70. The maximum absolute atomic E-state index is 13.5. The number of halogens is 3. The minimum atomic E-state index is -2.71. The SMILES string of the molecule is C[C@@H](CNC(=O)Nc1ccc(Cl)cc1)c1nc2ccccc2n1C(F)F. The van der Waals surface area contributed by atoms with Gasteiger partial charge in [0, 0.05) is 23.2 Å². The van der Waals surface area contributed by atoms with Crippen LogP contribution in [0.25, 0.3) is 11.0 Å². The number of nitrogens with one attached hydrogen (secondary N) is 2. The van der Waals surface area contributed by atoms with Crippen LogP contribution in [0.4, 0.5) is 19.3 Å². The lowest BCUT2D eigenvalue weighted by molar-refractivity contribution is 0.0705. The zero-order valence-corrected chi connectivity index (χ0v) is 14.7. The summed E-state index contributed by atoms with van der Waals surface area (Å²) in [6.07, 6.45) is 0. The molecule has 5 nitrogen and oxygen atoms in total. The third kappa shape index (κ3) is 3.94. The number of urea groups is 1. The molecule has 0 saturated carbocycles. The summed E-state index contributed by atoms with van der Waals surface area (Å²) in [6.45, 7) is -0.805. The van der Waals surface area contributed by atoms with Crippen molar-refractivity contribution >= 4 is 34.4 Å². The zero-order valence-electron chi connectivity index (χ0n) is 13.9. The molecule has 0 spiro atoms. The normalized spacial score (nSPS) is 12.3. The molecule has 3 aromatic rings. The summed E-state index contributed by atoms with van der Waals surface area (Å²) in [4.78, 5) is 16.3. The van der Waals surface area contributed by atoms with E-state index in [0.29, 0.717) is 21.7 Å². The average molecular weight is 379 g/mol. The summed E-state index contributed by atoms with van der Waals surface area (Å²) in [5, 5.41) is 5.89. The number of para-hydroxylation sites is 2. The van der Waals surface area contributed by atoms with E-state index in [1.165, 1.54) is 0 Å². The molecule has 2 aromatic carbocycles. The van der Waals surface area contributed by atoms with Gasteiger partial charge in [-0.2, -0.15) is 8.78 Å². The molecule has 0 fully saturated rings. The van der Waals surface area contributed by atoms with Crippen molar-refractivity contribution in [3.8, 4) is 0 Å². The van der Waals surface area contributed by atoms with E-state index in [-0.39, 0.29) is 12.4 Å². The number of carbonyl (C=O) groups excluding carboxylic acids is 1. The van der Waals surface area contributed by atoms with Crippen LogP contribution in [0, 0.1) is 0 Å². The van der Waals surface area contributed by atoms with Crippen molar-refractivity contribution in [1.82, 2.24) is 14.9 Å². The summed E-state index contributed by atoms with van der Waals surface area (Å²) in [5.41, 5.74) is 1.45. The Balaban J connectivity index is 1.69. The van der Waals surface area contributed by atoms with Crippen LogP contribution >= 0.6 is 11.6 Å². The molecule has 1 heterocycles. The van der Waals surface area contributed by atoms with Crippen molar-refractivity contribution in [2.24, 2.45) is 0 Å². The van der Waals surface area contributed by atoms with Gasteiger partial charge in [0.2, 0.25) is 0 Å². The number of hydrogen-bond donors (Lipinski definition) is 2. The number of amides is 2. The van der Waals surface area contributed by atoms with Gasteiger partial charge < -0.3 is 10.6 Å². The molecule has 0 radical (unpaired) electrons. The molecule has 3 rings (SSSR count). The Morgan fingerprint density at radius 2 is 1.88 bits per heavy atom. The maximum atomic E-state index is 13.5. The summed E-state index contributed by atoms with van der Waals surface area (Å²) in [5.74, 6) is -0.166. The fourth-order valence-corrected chi connectivity index (χ4v) is 2.79. The minimum Gasteiger partial charge on any atom is -0.337 e. The summed E-state index contributed by atoms with van der Waals surface area (Å²) < 4.78 is 27.9. The van der Waals surface area contributed by atoms with Crippen LogP contribution in [0.3, 0.4) is 0 Å². The second-order valence-electron chi connectivity index (χ2n) is 5.85. The first-order chi connectivity index (χ1) is 12.5. The molecule has 0 unspecified atom stereocenters. The fourth-order valence-electron chi connectivity index (χ4n) is 2.66. The van der Waals surface area contributed by atoms with Crippen molar-refractivity contribution in [3.05, 3.63) is 59.4 Å². The standard InChI is InChI=1S/C18H17ClF2N4O/c1-11(10-22-18(26)23-13-8-6-12(19)7-9-13)16-24-14-4-2-3-5-15(14)25(16)17(20)21/h2-9,11,17H,10H2,1H3,(H2,22,23,26)/t11-/m0/s1. The first-order valence-electron chi connectivity index (χ1n) is 8.01. The first-order valence-corrected chi connectivity index (χ1v) is 8.39. The minimum absolute atomic E-state index is 0.162. The first kappa shape index (κ1) is 18.1. The van der Waals surface area contributed by atoms with Crippen LogP contribution in [0.15, 0.2) is 48.5 Å². The Labute approximate surface area is 154 Å². The Morgan fingerprint density at radius 1 is 1.19 bits per heavy atom. The number of fused-ring (bicyclic) bond motifs is 1. The van der Waals surface area contributed by atoms with E-state index < -0.39 is 18.5 Å². The van der Waals surface area contributed by atoms with Crippen molar-refractivity contribution in [2.45, 2.75) is 19.4 Å². The number of aromatic nitrogens is 2. The molecule has 2 amide bonds. The lowest BCUT2D eigenvalue weighted by Crippen LogP contribution is -2.32. The number of nitrogens with zero attached hydrogens (tertiary/aromatic N) is 2. The lowest BCUT2D eigenvalue weighted by atomic mass is 10.1. The van der Waals surface area contributed by atoms with E-state index in [1.807, 2.05) is 0 Å². The van der Waals surface area contributed by atoms with Gasteiger partial charge in [-0.05, 0) is 36.4 Å². The average Bonchev–Trinajstić information content (AvgIpc) is 3.01. The van der Waals surface area contributed by atoms with Gasteiger partial charge in [-0.25, -0.2) is 9.78 Å². The van der Waals surface area contributed by atoms with Gasteiger partial charge in [0.15, 0.2) is 0 Å². The van der Waals surface area contributed by atoms with Gasteiger partial charge >= 0.3 is 12.6 Å². The highest BCUT2D eigenvalue weighted by Gasteiger charge is 2.22. The molecule has 1 atom stereocenters. The number of alkyl halides is 2. The predicted octanol–water partition coefficient (Wildman–Crippen LogP) is 5.01. The van der Waals surface area contributed by atoms with Crippen LogP contribution in [0.1, 0.15) is 25.2 Å². The molecule has 1 aromatic heterocycles. The smallest absolute Gasteiger partial charge is 0.320 e. The van der Waals surface area contributed by atoms with Crippen molar-refractivity contribution in [2.75, 3.05) is 11.9 Å². The molecule has 0 saturated heterocycles. The number of benzene rings is 2. The van der Waals surface area contributed by atoms with Crippen LogP contribution < -0.4 is 10.6 Å². The number of rotatable bonds is 5. The third-order valence-corrected chi connectivity index (χ3v) is 4.18.